The van der Waals surface area contributed by atoms with Gasteiger partial charge in [0.05, 0.1) is 9.30 Å². The average Bonchev–Trinajstić information content (AvgIpc) is 2.83. The van der Waals surface area contributed by atoms with Crippen molar-refractivity contribution in [3.05, 3.63) is 22.2 Å². The lowest BCUT2D eigenvalue weighted by Crippen LogP contribution is -2.55. The van der Waals surface area contributed by atoms with E-state index < -0.39 is 59.7 Å². The fourth-order valence-electron chi connectivity index (χ4n) is 2.64. The Labute approximate surface area is 192 Å². The number of nitrogen functional groups attached to an aromatic ring is 1. The maximum Gasteiger partial charge on any atom is 0.490 e. The molecule has 6 atom stereocenters. The Morgan fingerprint density at radius 1 is 1.33 bits per heavy atom. The number of anilines is 1. The van der Waals surface area contributed by atoms with Crippen LogP contribution in [0.1, 0.15) is 14.7 Å². The van der Waals surface area contributed by atoms with Crippen LogP contribution in [0.25, 0.3) is 0 Å². The number of aliphatic hydroxyl groups excluding tert-OH is 1. The topological polar surface area (TPSA) is 276 Å². The lowest BCUT2D eigenvalue weighted by atomic mass is 9.92. The summed E-state index contributed by atoms with van der Waals surface area (Å²) in [6.07, 6.45) is -6.46. The molecule has 1 aliphatic heterocycles. The minimum atomic E-state index is -6.02. The van der Waals surface area contributed by atoms with Crippen molar-refractivity contribution in [1.82, 2.24) is 9.55 Å². The normalized spacial score (nSPS) is 30.4. The standard InChI is InChI=1S/C12H18ClN4O13P3/c1-6-4-8(14)16-11(19)17(6)10-12(15,2-3-13)9(18)7(28-10)5-27-32(23,24)30-33(25,26)29-31(20,21)22/h4,7,9-10,18H,5,15H2,1H3,(H,23,24)(H,25,26)(H2,14,16,19)(H2,20,21,22)/t7-,9+,10-,12?/m1/s1/i5D2. The number of rotatable bonds is 8. The van der Waals surface area contributed by atoms with Crippen LogP contribution in [-0.4, -0.2) is 58.5 Å². The van der Waals surface area contributed by atoms with Gasteiger partial charge in [-0.2, -0.15) is 13.6 Å². The van der Waals surface area contributed by atoms with Crippen LogP contribution in [0.3, 0.4) is 0 Å². The molecule has 3 unspecified atom stereocenters. The van der Waals surface area contributed by atoms with E-state index in [4.69, 9.17) is 40.3 Å². The van der Waals surface area contributed by atoms with Gasteiger partial charge in [-0.15, -0.1) is 0 Å². The number of phosphoric acid groups is 3. The molecule has 186 valence electrons. The quantitative estimate of drug-likeness (QED) is 0.144. The number of aliphatic hydroxyl groups is 1. The molecule has 0 radical (unpaired) electrons. The van der Waals surface area contributed by atoms with Gasteiger partial charge in [0.25, 0.3) is 0 Å². The van der Waals surface area contributed by atoms with E-state index in [1.165, 1.54) is 13.0 Å². The maximum atomic E-state index is 12.4. The smallest absolute Gasteiger partial charge is 0.387 e. The molecule has 2 heterocycles. The van der Waals surface area contributed by atoms with Gasteiger partial charge >= 0.3 is 29.2 Å². The predicted molar refractivity (Wildman–Crippen MR) is 108 cm³/mol. The first kappa shape index (κ1) is 24.9. The van der Waals surface area contributed by atoms with E-state index in [0.29, 0.717) is 0 Å². The molecule has 0 bridgehead atoms. The Kier molecular flexibility index (Phi) is 7.42. The van der Waals surface area contributed by atoms with Crippen molar-refractivity contribution in [3.8, 4) is 11.3 Å². The number of aromatic nitrogens is 2. The molecule has 1 aliphatic rings. The number of hydrogen-bond acceptors (Lipinski definition) is 12. The molecular weight excluding hydrogens is 537 g/mol. The Hall–Kier alpha value is -1.18. The summed E-state index contributed by atoms with van der Waals surface area (Å²) >= 11 is 5.39. The summed E-state index contributed by atoms with van der Waals surface area (Å²) in [6.45, 7) is -2.27. The Bertz CT molecular complexity index is 1260. The Balaban J connectivity index is 2.45. The van der Waals surface area contributed by atoms with Gasteiger partial charge in [0, 0.05) is 11.1 Å². The van der Waals surface area contributed by atoms with Crippen molar-refractivity contribution in [2.24, 2.45) is 5.73 Å². The molecule has 0 spiro atoms. The minimum Gasteiger partial charge on any atom is -0.387 e. The highest BCUT2D eigenvalue weighted by molar-refractivity contribution is 7.66. The SMILES string of the molecule is [2H]C([2H])(OP(=O)(O)OP(=O)(O)OP(=O)(O)O)[C@H]1O[C@@H](n2c(C)cc(N)nc2=O)C(N)(C#CCl)[C@H]1O. The van der Waals surface area contributed by atoms with Gasteiger partial charge in [-0.3, -0.25) is 9.09 Å². The molecule has 2 rings (SSSR count). The van der Waals surface area contributed by atoms with Gasteiger partial charge in [-0.1, -0.05) is 5.92 Å². The molecule has 1 fully saturated rings. The lowest BCUT2D eigenvalue weighted by Gasteiger charge is -2.28. The third-order valence-electron chi connectivity index (χ3n) is 3.83. The van der Waals surface area contributed by atoms with Crippen molar-refractivity contribution in [1.29, 1.82) is 0 Å². The highest BCUT2D eigenvalue weighted by atomic mass is 35.5. The van der Waals surface area contributed by atoms with Gasteiger partial charge in [-0.05, 0) is 24.6 Å². The molecule has 21 heteroatoms. The second kappa shape index (κ2) is 9.82. The fourth-order valence-corrected chi connectivity index (χ4v) is 5.68. The number of nitrogens with zero attached hydrogens (tertiary/aromatic N) is 2. The van der Waals surface area contributed by atoms with Crippen LogP contribution in [0, 0.1) is 18.2 Å². The molecule has 0 aromatic carbocycles. The van der Waals surface area contributed by atoms with E-state index in [9.17, 15) is 33.4 Å². The molecule has 9 N–H and O–H groups in total. The summed E-state index contributed by atoms with van der Waals surface area (Å²) in [5.41, 5.74) is 8.16. The Morgan fingerprint density at radius 3 is 2.45 bits per heavy atom. The summed E-state index contributed by atoms with van der Waals surface area (Å²) in [4.78, 5) is 51.9. The zero-order valence-corrected chi connectivity index (χ0v) is 19.5. The summed E-state index contributed by atoms with van der Waals surface area (Å²) in [7, 11) is -17.7. The van der Waals surface area contributed by atoms with Crippen LogP contribution < -0.4 is 17.2 Å². The molecule has 1 aromatic heterocycles. The molecule has 0 aliphatic carbocycles. The molecule has 17 nitrogen and oxygen atoms in total. The molecule has 1 saturated heterocycles. The maximum absolute atomic E-state index is 12.4. The second-order valence-electron chi connectivity index (χ2n) is 6.28. The summed E-state index contributed by atoms with van der Waals surface area (Å²) in [5, 5.41) is 12.5. The number of halogens is 1. The summed E-state index contributed by atoms with van der Waals surface area (Å²) < 4.78 is 67.4. The van der Waals surface area contributed by atoms with E-state index in [-0.39, 0.29) is 11.5 Å². The van der Waals surface area contributed by atoms with Crippen LogP contribution in [-0.2, 0) is 31.6 Å². The average molecular weight is 557 g/mol. The molecule has 0 saturated carbocycles. The fraction of sp³-hybridized carbons (Fsp3) is 0.500. The van der Waals surface area contributed by atoms with Crippen LogP contribution >= 0.6 is 35.1 Å². The third kappa shape index (κ3) is 6.92. The predicted octanol–water partition coefficient (Wildman–Crippen LogP) is -1.37. The zero-order valence-electron chi connectivity index (χ0n) is 18.1. The monoisotopic (exact) mass is 556 g/mol. The largest absolute Gasteiger partial charge is 0.490 e. The molecule has 0 amide bonds. The number of ether oxygens (including phenoxy) is 1. The van der Waals surface area contributed by atoms with Crippen molar-refractivity contribution in [2.75, 3.05) is 12.3 Å². The van der Waals surface area contributed by atoms with Crippen LogP contribution in [0.2, 0.25) is 0 Å². The van der Waals surface area contributed by atoms with Gasteiger partial charge in [-0.25, -0.2) is 18.5 Å². The van der Waals surface area contributed by atoms with E-state index in [0.717, 1.165) is 4.57 Å². The van der Waals surface area contributed by atoms with E-state index in [1.807, 2.05) is 5.38 Å². The Morgan fingerprint density at radius 2 is 1.94 bits per heavy atom. The van der Waals surface area contributed by atoms with Crippen LogP contribution in [0.4, 0.5) is 5.82 Å². The van der Waals surface area contributed by atoms with Gasteiger partial charge in [0.1, 0.15) is 18.0 Å². The number of aryl methyl sites for hydroxylation is 1. The summed E-state index contributed by atoms with van der Waals surface area (Å²) in [6, 6.07) is 1.19. The number of nitrogens with two attached hydrogens (primary N) is 2. The number of phosphoric ester groups is 1. The highest BCUT2D eigenvalue weighted by Crippen LogP contribution is 2.66. The summed E-state index contributed by atoms with van der Waals surface area (Å²) in [5.74, 6) is 1.94. The van der Waals surface area contributed by atoms with E-state index >= 15 is 0 Å². The lowest BCUT2D eigenvalue weighted by molar-refractivity contribution is -0.0474. The van der Waals surface area contributed by atoms with Gasteiger partial charge in [0.2, 0.25) is 0 Å². The van der Waals surface area contributed by atoms with E-state index in [1.54, 1.807) is 0 Å². The first-order chi connectivity index (χ1) is 15.6. The molecular formula is C12H18ClN4O13P3. The first-order valence-electron chi connectivity index (χ1n) is 9.09. The molecule has 33 heavy (non-hydrogen) atoms. The van der Waals surface area contributed by atoms with Crippen molar-refractivity contribution >= 4 is 40.9 Å². The zero-order chi connectivity index (χ0) is 27.2. The third-order valence-corrected chi connectivity index (χ3v) is 7.58. The van der Waals surface area contributed by atoms with Gasteiger partial charge < -0.3 is 40.9 Å². The van der Waals surface area contributed by atoms with Crippen LogP contribution in [0.15, 0.2) is 10.9 Å². The minimum absolute atomic E-state index is 0.0556. The van der Waals surface area contributed by atoms with Crippen molar-refractivity contribution in [2.45, 2.75) is 30.9 Å². The van der Waals surface area contributed by atoms with E-state index in [2.05, 4.69) is 24.0 Å². The number of hydrogen-bond donors (Lipinski definition) is 7. The van der Waals surface area contributed by atoms with Gasteiger partial charge in [0.15, 0.2) is 11.8 Å². The first-order valence-corrected chi connectivity index (χ1v) is 13.0. The van der Waals surface area contributed by atoms with Crippen molar-refractivity contribution < 1.29 is 59.0 Å². The van der Waals surface area contributed by atoms with Crippen molar-refractivity contribution in [3.63, 3.8) is 0 Å². The molecule has 1 aromatic rings. The van der Waals surface area contributed by atoms with Crippen LogP contribution in [0.5, 0.6) is 0 Å². The second-order valence-corrected chi connectivity index (χ2v) is 10.8. The highest BCUT2D eigenvalue weighted by Gasteiger charge is 2.55.